The lowest BCUT2D eigenvalue weighted by molar-refractivity contribution is 0.0545. The monoisotopic (exact) mass is 266 g/mol. The number of hydrazone groups is 1. The van der Waals surface area contributed by atoms with Gasteiger partial charge in [-0.2, -0.15) is 5.10 Å². The molecule has 0 aromatic heterocycles. The Bertz CT molecular complexity index is 473. The quantitative estimate of drug-likeness (QED) is 0.384. The van der Waals surface area contributed by atoms with Gasteiger partial charge in [0.15, 0.2) is 0 Å². The third kappa shape index (κ3) is 5.66. The van der Waals surface area contributed by atoms with Gasteiger partial charge < -0.3 is 5.11 Å². The number of nitrogens with zero attached hydrogens (tertiary/aromatic N) is 2. The smallest absolute Gasteiger partial charge is 0.131 e. The van der Waals surface area contributed by atoms with Crippen LogP contribution in [0, 0.1) is 5.41 Å². The van der Waals surface area contributed by atoms with Gasteiger partial charge in [-0.3, -0.25) is 5.01 Å². The Morgan fingerprint density at radius 3 is 2.30 bits per heavy atom. The fourth-order valence-electron chi connectivity index (χ4n) is 1.78. The summed E-state index contributed by atoms with van der Waals surface area (Å²) in [6, 6.07) is 9.48. The van der Waals surface area contributed by atoms with E-state index in [-0.39, 0.29) is 5.41 Å². The van der Waals surface area contributed by atoms with Crippen molar-refractivity contribution in [3.8, 4) is 0 Å². The number of allylic oxidation sites excluding steroid dienone is 1. The van der Waals surface area contributed by atoms with Crippen LogP contribution in [0.3, 0.4) is 0 Å². The van der Waals surface area contributed by atoms with Crippen LogP contribution < -0.4 is 0 Å². The average molecular weight is 266 g/mol. The molecule has 3 nitrogen and oxygen atoms in total. The van der Waals surface area contributed by atoms with Crippen molar-refractivity contribution in [2.45, 2.75) is 32.7 Å². The molecule has 20 heavy (non-hydrogen) atoms. The summed E-state index contributed by atoms with van der Waals surface area (Å²) in [5, 5.41) is 15.1. The second-order valence-corrected chi connectivity index (χ2v) is 6.05. The third-order valence-corrected chi connectivity index (χ3v) is 2.50. The number of benzene rings is 1. The van der Waals surface area contributed by atoms with Crippen molar-refractivity contribution in [1.82, 2.24) is 5.01 Å². The van der Waals surface area contributed by atoms with Gasteiger partial charge in [0.25, 0.3) is 0 Å². The van der Waals surface area contributed by atoms with Crippen molar-refractivity contribution >= 4 is 21.9 Å². The van der Waals surface area contributed by atoms with Gasteiger partial charge in [-0.25, -0.2) is 0 Å². The summed E-state index contributed by atoms with van der Waals surface area (Å²) < 4.78 is 0. The van der Waals surface area contributed by atoms with Gasteiger partial charge >= 0.3 is 0 Å². The predicted molar refractivity (Wildman–Crippen MR) is 85.5 cm³/mol. The van der Waals surface area contributed by atoms with E-state index in [9.17, 15) is 5.11 Å². The maximum absolute atomic E-state index is 9.83. The van der Waals surface area contributed by atoms with Gasteiger partial charge in [0.2, 0.25) is 0 Å². The number of aliphatic hydroxyl groups is 1. The summed E-state index contributed by atoms with van der Waals surface area (Å²) in [7, 11) is 11.1. The van der Waals surface area contributed by atoms with Crippen LogP contribution in [0.2, 0.25) is 0 Å². The van der Waals surface area contributed by atoms with Crippen LogP contribution in [0.15, 0.2) is 47.7 Å². The summed E-state index contributed by atoms with van der Waals surface area (Å²) in [5.74, 6) is 0. The molecule has 0 bridgehead atoms. The van der Waals surface area contributed by atoms with Crippen LogP contribution in [0.25, 0.3) is 0 Å². The van der Waals surface area contributed by atoms with Crippen LogP contribution in [-0.2, 0) is 0 Å². The number of rotatable bonds is 5. The molecule has 1 N–H and O–H groups in total. The Morgan fingerprint density at radius 1 is 1.30 bits per heavy atom. The van der Waals surface area contributed by atoms with Crippen LogP contribution in [-0.4, -0.2) is 37.5 Å². The molecule has 0 amide bonds. The maximum Gasteiger partial charge on any atom is 0.131 e. The van der Waals surface area contributed by atoms with Crippen molar-refractivity contribution < 1.29 is 5.11 Å². The van der Waals surface area contributed by atoms with E-state index in [1.54, 1.807) is 6.21 Å². The molecule has 0 heterocycles. The Kier molecular flexibility index (Phi) is 5.23. The first-order valence-electron chi connectivity index (χ1n) is 6.47. The number of hydrogen-bond donors (Lipinski definition) is 1. The highest BCUT2D eigenvalue weighted by molar-refractivity contribution is 6.38. The first-order chi connectivity index (χ1) is 9.09. The van der Waals surface area contributed by atoms with Crippen molar-refractivity contribution in [2.75, 3.05) is 0 Å². The lowest BCUT2D eigenvalue weighted by Gasteiger charge is -2.36. The van der Waals surface area contributed by atoms with Crippen LogP contribution >= 0.6 is 0 Å². The topological polar surface area (TPSA) is 35.8 Å². The SMILES string of the molecule is [B]C([B])(O)N(/N=C/c1ccccc1)C(=C)CC(C)(C)C. The minimum absolute atomic E-state index is 0.0111. The molecular formula is C15H20B2N2O. The minimum Gasteiger partial charge on any atom is -0.388 e. The van der Waals surface area contributed by atoms with E-state index in [4.69, 9.17) is 15.7 Å². The highest BCUT2D eigenvalue weighted by atomic mass is 16.3. The van der Waals surface area contributed by atoms with Gasteiger partial charge in [0.1, 0.15) is 15.7 Å². The fraction of sp³-hybridized carbons (Fsp3) is 0.400. The largest absolute Gasteiger partial charge is 0.388 e. The standard InChI is InChI=1S/C15H20B2N2O/c1-12(10-14(2,3)4)19(15(16,17)20)18-11-13-8-6-5-7-9-13/h5-9,11,20H,1,10H2,2-4H3/b18-11+. The van der Waals surface area contributed by atoms with Gasteiger partial charge in [-0.15, -0.1) is 0 Å². The molecular weight excluding hydrogens is 246 g/mol. The summed E-state index contributed by atoms with van der Waals surface area (Å²) in [6.07, 6.45) is 2.19. The van der Waals surface area contributed by atoms with Gasteiger partial charge in [-0.05, 0) is 17.4 Å². The predicted octanol–water partition coefficient (Wildman–Crippen LogP) is 2.21. The van der Waals surface area contributed by atoms with Crippen LogP contribution in [0.1, 0.15) is 32.8 Å². The third-order valence-electron chi connectivity index (χ3n) is 2.50. The second kappa shape index (κ2) is 6.31. The Balaban J connectivity index is 2.92. The Labute approximate surface area is 124 Å². The van der Waals surface area contributed by atoms with Crippen molar-refractivity contribution in [3.05, 3.63) is 48.2 Å². The molecule has 102 valence electrons. The molecule has 1 aromatic rings. The first kappa shape index (κ1) is 16.6. The molecule has 1 aromatic carbocycles. The molecule has 0 saturated heterocycles. The van der Waals surface area contributed by atoms with E-state index in [1.807, 2.05) is 30.3 Å². The van der Waals surface area contributed by atoms with E-state index < -0.39 is 5.52 Å². The molecule has 4 radical (unpaired) electrons. The molecule has 0 unspecified atom stereocenters. The first-order valence-corrected chi connectivity index (χ1v) is 6.47. The summed E-state index contributed by atoms with van der Waals surface area (Å²) in [6.45, 7) is 10.1. The van der Waals surface area contributed by atoms with E-state index in [0.717, 1.165) is 10.6 Å². The van der Waals surface area contributed by atoms with Gasteiger partial charge in [0, 0.05) is 5.70 Å². The molecule has 1 rings (SSSR count). The highest BCUT2D eigenvalue weighted by Crippen LogP contribution is 2.27. The zero-order valence-electron chi connectivity index (χ0n) is 12.4. The van der Waals surface area contributed by atoms with E-state index in [0.29, 0.717) is 12.1 Å². The highest BCUT2D eigenvalue weighted by Gasteiger charge is 2.25. The molecule has 5 heteroatoms. The van der Waals surface area contributed by atoms with Gasteiger partial charge in [0.05, 0.1) is 11.7 Å². The minimum atomic E-state index is -2.08. The molecule has 0 atom stereocenters. The van der Waals surface area contributed by atoms with Crippen molar-refractivity contribution in [2.24, 2.45) is 10.5 Å². The van der Waals surface area contributed by atoms with E-state index >= 15 is 0 Å². The lowest BCUT2D eigenvalue weighted by Crippen LogP contribution is -2.46. The summed E-state index contributed by atoms with van der Waals surface area (Å²) in [5.41, 5.74) is -0.654. The normalized spacial score (nSPS) is 12.6. The maximum atomic E-state index is 9.83. The molecule has 0 aliphatic rings. The van der Waals surface area contributed by atoms with Crippen LogP contribution in [0.4, 0.5) is 0 Å². The van der Waals surface area contributed by atoms with E-state index in [1.165, 1.54) is 0 Å². The van der Waals surface area contributed by atoms with Crippen LogP contribution in [0.5, 0.6) is 0 Å². The zero-order valence-corrected chi connectivity index (χ0v) is 12.4. The molecule has 0 saturated carbocycles. The number of hydrogen-bond acceptors (Lipinski definition) is 3. The molecule has 0 aliphatic carbocycles. The molecule has 0 spiro atoms. The van der Waals surface area contributed by atoms with Crippen molar-refractivity contribution in [3.63, 3.8) is 0 Å². The fourth-order valence-corrected chi connectivity index (χ4v) is 1.78. The lowest BCUT2D eigenvalue weighted by atomic mass is 9.72. The van der Waals surface area contributed by atoms with Gasteiger partial charge in [-0.1, -0.05) is 57.7 Å². The Hall–Kier alpha value is -1.48. The molecule has 0 fully saturated rings. The summed E-state index contributed by atoms with van der Waals surface area (Å²) in [4.78, 5) is 0. The van der Waals surface area contributed by atoms with Crippen molar-refractivity contribution in [1.29, 1.82) is 0 Å². The Morgan fingerprint density at radius 2 is 1.85 bits per heavy atom. The average Bonchev–Trinajstić information content (AvgIpc) is 2.26. The second-order valence-electron chi connectivity index (χ2n) is 6.05. The zero-order chi connectivity index (χ0) is 15.4. The van der Waals surface area contributed by atoms with E-state index in [2.05, 4.69) is 32.5 Å². The molecule has 0 aliphatic heterocycles. The summed E-state index contributed by atoms with van der Waals surface area (Å²) >= 11 is 0.